The van der Waals surface area contributed by atoms with E-state index in [0.717, 1.165) is 24.0 Å². The van der Waals surface area contributed by atoms with E-state index in [9.17, 15) is 14.4 Å². The number of esters is 3. The van der Waals surface area contributed by atoms with E-state index in [0.29, 0.717) is 12.0 Å². The molecule has 0 saturated carbocycles. The molecule has 154 valence electrons. The largest absolute Gasteiger partial charge is 0.462 e. The minimum atomic E-state index is -1.55. The molecule has 0 N–H and O–H groups in total. The third kappa shape index (κ3) is 4.72. The standard InChI is InChI=1S/C22H30O6/c1-7-15(4)20(24)28-22(6)19-17(26-16(5)23)11-13(2)9-8-10-14(3)12-18(19)27-21(22)25/h7,9,12,17-19H,8,10-11H2,1-6H3/b13-9+,14-12+,15-7-/t17-,18?,19?,22-/m0/s1. The highest BCUT2D eigenvalue weighted by molar-refractivity contribution is 5.92. The Hall–Kier alpha value is -2.37. The summed E-state index contributed by atoms with van der Waals surface area (Å²) in [6.07, 6.45) is 6.47. The van der Waals surface area contributed by atoms with Crippen molar-refractivity contribution in [3.8, 4) is 0 Å². The summed E-state index contributed by atoms with van der Waals surface area (Å²) >= 11 is 0. The molecule has 2 rings (SSSR count). The van der Waals surface area contributed by atoms with Crippen LogP contribution in [0.25, 0.3) is 0 Å². The van der Waals surface area contributed by atoms with Gasteiger partial charge in [0.25, 0.3) is 0 Å². The van der Waals surface area contributed by atoms with Gasteiger partial charge in [-0.15, -0.1) is 0 Å². The van der Waals surface area contributed by atoms with E-state index in [4.69, 9.17) is 14.2 Å². The normalized spacial score (nSPS) is 34.9. The van der Waals surface area contributed by atoms with Crippen LogP contribution in [-0.4, -0.2) is 35.7 Å². The van der Waals surface area contributed by atoms with Gasteiger partial charge < -0.3 is 14.2 Å². The number of hydrogen-bond acceptors (Lipinski definition) is 6. The average Bonchev–Trinajstić information content (AvgIpc) is 2.82. The summed E-state index contributed by atoms with van der Waals surface area (Å²) < 4.78 is 16.9. The van der Waals surface area contributed by atoms with Gasteiger partial charge in [0.2, 0.25) is 5.60 Å². The summed E-state index contributed by atoms with van der Waals surface area (Å²) in [4.78, 5) is 37.1. The van der Waals surface area contributed by atoms with Crippen molar-refractivity contribution in [2.45, 2.75) is 78.6 Å². The number of ether oxygens (including phenoxy) is 3. The summed E-state index contributed by atoms with van der Waals surface area (Å²) in [5.74, 6) is -2.31. The van der Waals surface area contributed by atoms with Gasteiger partial charge in [-0.2, -0.15) is 0 Å². The van der Waals surface area contributed by atoms with Gasteiger partial charge in [0.1, 0.15) is 12.2 Å². The van der Waals surface area contributed by atoms with Gasteiger partial charge in [0.15, 0.2) is 0 Å². The topological polar surface area (TPSA) is 78.9 Å². The maximum absolute atomic E-state index is 12.8. The van der Waals surface area contributed by atoms with Crippen molar-refractivity contribution < 1.29 is 28.6 Å². The maximum Gasteiger partial charge on any atom is 0.351 e. The third-order valence-electron chi connectivity index (χ3n) is 5.42. The van der Waals surface area contributed by atoms with Gasteiger partial charge in [-0.05, 0) is 53.5 Å². The van der Waals surface area contributed by atoms with Crippen LogP contribution in [0.3, 0.4) is 0 Å². The van der Waals surface area contributed by atoms with Crippen LogP contribution in [-0.2, 0) is 28.6 Å². The van der Waals surface area contributed by atoms with Crippen LogP contribution in [0.5, 0.6) is 0 Å². The van der Waals surface area contributed by atoms with Crippen LogP contribution in [0.1, 0.15) is 60.8 Å². The number of rotatable bonds is 3. The molecule has 0 aromatic heterocycles. The molecule has 0 aromatic rings. The first-order valence-corrected chi connectivity index (χ1v) is 9.66. The predicted octanol–water partition coefficient (Wildman–Crippen LogP) is 3.80. The van der Waals surface area contributed by atoms with E-state index in [-0.39, 0.29) is 0 Å². The number of carbonyl (C=O) groups excluding carboxylic acids is 3. The lowest BCUT2D eigenvalue weighted by Crippen LogP contribution is -2.50. The Bertz CT molecular complexity index is 744. The Morgan fingerprint density at radius 1 is 1.25 bits per heavy atom. The summed E-state index contributed by atoms with van der Waals surface area (Å²) in [7, 11) is 0. The van der Waals surface area contributed by atoms with Gasteiger partial charge in [-0.1, -0.05) is 23.3 Å². The molecule has 6 nitrogen and oxygen atoms in total. The van der Waals surface area contributed by atoms with Crippen LogP contribution >= 0.6 is 0 Å². The van der Waals surface area contributed by atoms with E-state index >= 15 is 0 Å². The van der Waals surface area contributed by atoms with Crippen molar-refractivity contribution in [3.63, 3.8) is 0 Å². The molecule has 4 atom stereocenters. The van der Waals surface area contributed by atoms with E-state index in [1.165, 1.54) is 6.92 Å². The zero-order chi connectivity index (χ0) is 21.1. The molecule has 2 aliphatic rings. The highest BCUT2D eigenvalue weighted by atomic mass is 16.6. The number of hydrogen-bond donors (Lipinski definition) is 0. The Balaban J connectivity index is 2.53. The number of carbonyl (C=O) groups is 3. The second-order valence-corrected chi connectivity index (χ2v) is 7.82. The molecule has 2 unspecified atom stereocenters. The minimum absolute atomic E-state index is 0.393. The highest BCUT2D eigenvalue weighted by Gasteiger charge is 2.60. The monoisotopic (exact) mass is 390 g/mol. The lowest BCUT2D eigenvalue weighted by molar-refractivity contribution is -0.175. The van der Waals surface area contributed by atoms with Gasteiger partial charge >= 0.3 is 17.9 Å². The van der Waals surface area contributed by atoms with Crippen molar-refractivity contribution in [1.29, 1.82) is 0 Å². The van der Waals surface area contributed by atoms with Crippen molar-refractivity contribution in [2.75, 3.05) is 0 Å². The van der Waals surface area contributed by atoms with Gasteiger partial charge in [0.05, 0.1) is 5.92 Å². The summed E-state index contributed by atoms with van der Waals surface area (Å²) in [5, 5.41) is 0. The fourth-order valence-corrected chi connectivity index (χ4v) is 3.73. The van der Waals surface area contributed by atoms with E-state index < -0.39 is 41.6 Å². The summed E-state index contributed by atoms with van der Waals surface area (Å²) in [6, 6.07) is 0. The molecule has 0 radical (unpaired) electrons. The van der Waals surface area contributed by atoms with Crippen molar-refractivity contribution in [3.05, 3.63) is 34.9 Å². The molecule has 0 aromatic carbocycles. The summed E-state index contributed by atoms with van der Waals surface area (Å²) in [5.41, 5.74) is 0.958. The van der Waals surface area contributed by atoms with Crippen LogP contribution in [0.4, 0.5) is 0 Å². The minimum Gasteiger partial charge on any atom is -0.462 e. The van der Waals surface area contributed by atoms with Crippen LogP contribution in [0.15, 0.2) is 34.9 Å². The molecule has 28 heavy (non-hydrogen) atoms. The maximum atomic E-state index is 12.8. The molecule has 1 aliphatic heterocycles. The van der Waals surface area contributed by atoms with Crippen LogP contribution in [0.2, 0.25) is 0 Å². The molecule has 0 amide bonds. The molecule has 1 aliphatic carbocycles. The van der Waals surface area contributed by atoms with E-state index in [1.807, 2.05) is 19.9 Å². The first-order chi connectivity index (χ1) is 13.1. The molecular formula is C22H30O6. The average molecular weight is 390 g/mol. The zero-order valence-corrected chi connectivity index (χ0v) is 17.5. The van der Waals surface area contributed by atoms with Gasteiger partial charge in [-0.25, -0.2) is 9.59 Å². The highest BCUT2D eigenvalue weighted by Crippen LogP contribution is 2.42. The molecule has 0 bridgehead atoms. The fourth-order valence-electron chi connectivity index (χ4n) is 3.73. The first-order valence-electron chi connectivity index (χ1n) is 9.66. The Morgan fingerprint density at radius 2 is 1.93 bits per heavy atom. The molecule has 0 spiro atoms. The molecule has 1 heterocycles. The van der Waals surface area contributed by atoms with Crippen LogP contribution < -0.4 is 0 Å². The quantitative estimate of drug-likeness (QED) is 0.316. The lowest BCUT2D eigenvalue weighted by atomic mass is 9.79. The van der Waals surface area contributed by atoms with E-state index in [1.54, 1.807) is 26.8 Å². The molecular weight excluding hydrogens is 360 g/mol. The summed E-state index contributed by atoms with van der Waals surface area (Å²) in [6.45, 7) is 10.2. The second kappa shape index (κ2) is 8.76. The van der Waals surface area contributed by atoms with Crippen molar-refractivity contribution in [1.82, 2.24) is 0 Å². The smallest absolute Gasteiger partial charge is 0.351 e. The zero-order valence-electron chi connectivity index (χ0n) is 17.5. The first kappa shape index (κ1) is 21.9. The van der Waals surface area contributed by atoms with Crippen LogP contribution in [0, 0.1) is 5.92 Å². The van der Waals surface area contributed by atoms with E-state index in [2.05, 4.69) is 6.08 Å². The predicted molar refractivity (Wildman–Crippen MR) is 104 cm³/mol. The number of fused-ring (bicyclic) bond motifs is 1. The SMILES string of the molecule is C/C=C(/C)C(=O)O[C@]1(C)C(=O)OC2/C=C(\C)CC/C=C(\C)C[C@H](OC(C)=O)C21. The Labute approximate surface area is 166 Å². The Kier molecular flexibility index (Phi) is 6.86. The molecule has 1 fully saturated rings. The third-order valence-corrected chi connectivity index (χ3v) is 5.42. The molecule has 6 heteroatoms. The fraction of sp³-hybridized carbons (Fsp3) is 0.591. The second-order valence-electron chi connectivity index (χ2n) is 7.82. The lowest BCUT2D eigenvalue weighted by Gasteiger charge is -2.34. The van der Waals surface area contributed by atoms with Gasteiger partial charge in [-0.3, -0.25) is 4.79 Å². The number of allylic oxidation sites excluding steroid dienone is 3. The Morgan fingerprint density at radius 3 is 2.54 bits per heavy atom. The van der Waals surface area contributed by atoms with Gasteiger partial charge in [0, 0.05) is 18.9 Å². The van der Waals surface area contributed by atoms with Crippen molar-refractivity contribution >= 4 is 17.9 Å². The van der Waals surface area contributed by atoms with Crippen molar-refractivity contribution in [2.24, 2.45) is 5.92 Å². The molecule has 1 saturated heterocycles.